The lowest BCUT2D eigenvalue weighted by Gasteiger charge is -2.17. The third kappa shape index (κ3) is 5.07. The normalized spacial score (nSPS) is 10.4. The predicted molar refractivity (Wildman–Crippen MR) is 93.7 cm³/mol. The Bertz CT molecular complexity index is 726. The fourth-order valence-electron chi connectivity index (χ4n) is 2.45. The van der Waals surface area contributed by atoms with Crippen LogP contribution in [0.5, 0.6) is 0 Å². The smallest absolute Gasteiger partial charge is 0.293 e. The molecule has 0 radical (unpaired) electrons. The van der Waals surface area contributed by atoms with E-state index in [-0.39, 0.29) is 11.3 Å². The third-order valence-corrected chi connectivity index (χ3v) is 3.65. The van der Waals surface area contributed by atoms with Crippen molar-refractivity contribution in [3.63, 3.8) is 0 Å². The van der Waals surface area contributed by atoms with Gasteiger partial charge in [0.1, 0.15) is 5.69 Å². The molecule has 0 atom stereocenters. The second kappa shape index (κ2) is 8.65. The van der Waals surface area contributed by atoms with Gasteiger partial charge in [-0.15, -0.1) is 0 Å². The predicted octanol–water partition coefficient (Wildman–Crippen LogP) is 3.40. The first-order valence-corrected chi connectivity index (χ1v) is 7.75. The maximum Gasteiger partial charge on any atom is 0.293 e. The van der Waals surface area contributed by atoms with E-state index in [1.54, 1.807) is 12.1 Å². The van der Waals surface area contributed by atoms with E-state index in [4.69, 9.17) is 5.26 Å². The van der Waals surface area contributed by atoms with Crippen molar-refractivity contribution in [2.75, 3.05) is 25.5 Å². The van der Waals surface area contributed by atoms with Gasteiger partial charge in [-0.25, -0.2) is 0 Å². The zero-order chi connectivity index (χ0) is 17.4. The topological polar surface area (TPSA) is 82.2 Å². The molecule has 0 fully saturated rings. The molecule has 0 unspecified atom stereocenters. The average Bonchev–Trinajstić information content (AvgIpc) is 2.59. The number of hydrogen-bond donors (Lipinski definition) is 1. The zero-order valence-corrected chi connectivity index (χ0v) is 13.6. The molecule has 2 aromatic carbocycles. The van der Waals surface area contributed by atoms with Gasteiger partial charge in [-0.3, -0.25) is 10.1 Å². The fourth-order valence-corrected chi connectivity index (χ4v) is 2.45. The summed E-state index contributed by atoms with van der Waals surface area (Å²) >= 11 is 0. The second-order valence-electron chi connectivity index (χ2n) is 5.60. The first-order valence-electron chi connectivity index (χ1n) is 7.75. The zero-order valence-electron chi connectivity index (χ0n) is 13.6. The standard InChI is InChI=1S/C18H20N4O2/c1-21(14-15-6-3-2-4-7-15)11-5-10-20-17-9-8-16(13-19)12-18(17)22(23)24/h2-4,6-9,12,20H,5,10-11,14H2,1H3. The van der Waals surface area contributed by atoms with E-state index in [1.807, 2.05) is 24.3 Å². The number of nitro groups is 1. The van der Waals surface area contributed by atoms with Gasteiger partial charge in [0, 0.05) is 19.2 Å². The van der Waals surface area contributed by atoms with E-state index in [0.717, 1.165) is 19.5 Å². The Kier molecular flexibility index (Phi) is 6.29. The minimum atomic E-state index is -0.468. The van der Waals surface area contributed by atoms with Crippen molar-refractivity contribution in [1.29, 1.82) is 5.26 Å². The van der Waals surface area contributed by atoms with Crippen LogP contribution in [0.1, 0.15) is 17.5 Å². The van der Waals surface area contributed by atoms with Crippen molar-refractivity contribution in [3.8, 4) is 6.07 Å². The summed E-state index contributed by atoms with van der Waals surface area (Å²) in [4.78, 5) is 12.8. The van der Waals surface area contributed by atoms with Gasteiger partial charge in [-0.05, 0) is 37.7 Å². The van der Waals surface area contributed by atoms with E-state index >= 15 is 0 Å². The van der Waals surface area contributed by atoms with Crippen molar-refractivity contribution in [1.82, 2.24) is 4.90 Å². The Morgan fingerprint density at radius 3 is 2.67 bits per heavy atom. The Balaban J connectivity index is 1.82. The van der Waals surface area contributed by atoms with E-state index in [0.29, 0.717) is 12.2 Å². The molecule has 0 saturated heterocycles. The van der Waals surface area contributed by atoms with E-state index in [9.17, 15) is 10.1 Å². The SMILES string of the molecule is CN(CCCNc1ccc(C#N)cc1[N+](=O)[O-])Cc1ccccc1. The molecule has 0 saturated carbocycles. The molecule has 0 aliphatic heterocycles. The van der Waals surface area contributed by atoms with Crippen molar-refractivity contribution >= 4 is 11.4 Å². The molecule has 0 aliphatic rings. The molecule has 2 aromatic rings. The molecule has 6 heteroatoms. The molecule has 0 bridgehead atoms. The lowest BCUT2D eigenvalue weighted by atomic mass is 10.2. The Morgan fingerprint density at radius 2 is 2.00 bits per heavy atom. The number of anilines is 1. The first kappa shape index (κ1) is 17.4. The molecular weight excluding hydrogens is 304 g/mol. The number of hydrogen-bond acceptors (Lipinski definition) is 5. The number of nitrogens with one attached hydrogen (secondary N) is 1. The van der Waals surface area contributed by atoms with Gasteiger partial charge >= 0.3 is 0 Å². The average molecular weight is 324 g/mol. The summed E-state index contributed by atoms with van der Waals surface area (Å²) in [6.45, 7) is 2.38. The number of benzene rings is 2. The maximum atomic E-state index is 11.1. The molecule has 0 spiro atoms. The fraction of sp³-hybridized carbons (Fsp3) is 0.278. The van der Waals surface area contributed by atoms with Crippen molar-refractivity contribution in [2.45, 2.75) is 13.0 Å². The van der Waals surface area contributed by atoms with Crippen LogP contribution in [0.3, 0.4) is 0 Å². The van der Waals surface area contributed by atoms with Crippen LogP contribution in [0, 0.1) is 21.4 Å². The lowest BCUT2D eigenvalue weighted by molar-refractivity contribution is -0.384. The van der Waals surface area contributed by atoms with Crippen LogP contribution < -0.4 is 5.32 Å². The van der Waals surface area contributed by atoms with Crippen molar-refractivity contribution < 1.29 is 4.92 Å². The van der Waals surface area contributed by atoms with Crippen LogP contribution in [0.15, 0.2) is 48.5 Å². The van der Waals surface area contributed by atoms with Crippen LogP contribution >= 0.6 is 0 Å². The van der Waals surface area contributed by atoms with E-state index in [1.165, 1.54) is 11.6 Å². The minimum Gasteiger partial charge on any atom is -0.379 e. The molecular formula is C18H20N4O2. The summed E-state index contributed by atoms with van der Waals surface area (Å²) in [7, 11) is 2.05. The Hall–Kier alpha value is -2.91. The third-order valence-electron chi connectivity index (χ3n) is 3.65. The molecule has 24 heavy (non-hydrogen) atoms. The van der Waals surface area contributed by atoms with Gasteiger partial charge in [0.15, 0.2) is 0 Å². The minimum absolute atomic E-state index is 0.0632. The molecule has 0 aromatic heterocycles. The number of nitrogens with zero attached hydrogens (tertiary/aromatic N) is 3. The second-order valence-corrected chi connectivity index (χ2v) is 5.60. The number of nitro benzene ring substituents is 1. The number of nitriles is 1. The van der Waals surface area contributed by atoms with Crippen LogP contribution in [0.25, 0.3) is 0 Å². The van der Waals surface area contributed by atoms with Gasteiger partial charge in [-0.1, -0.05) is 30.3 Å². The summed E-state index contributed by atoms with van der Waals surface area (Å²) in [5.74, 6) is 0. The van der Waals surface area contributed by atoms with Crippen LogP contribution in [-0.4, -0.2) is 30.0 Å². The highest BCUT2D eigenvalue weighted by Gasteiger charge is 2.14. The summed E-state index contributed by atoms with van der Waals surface area (Å²) in [5.41, 5.74) is 1.93. The van der Waals surface area contributed by atoms with Gasteiger partial charge in [0.25, 0.3) is 5.69 Å². The number of rotatable bonds is 8. The molecule has 0 heterocycles. The molecule has 6 nitrogen and oxygen atoms in total. The highest BCUT2D eigenvalue weighted by atomic mass is 16.6. The first-order chi connectivity index (χ1) is 11.6. The molecule has 124 valence electrons. The highest BCUT2D eigenvalue weighted by molar-refractivity contribution is 5.63. The summed E-state index contributed by atoms with van der Waals surface area (Å²) in [6.07, 6.45) is 0.862. The van der Waals surface area contributed by atoms with Crippen LogP contribution in [-0.2, 0) is 6.54 Å². The summed E-state index contributed by atoms with van der Waals surface area (Å²) in [6, 6.07) is 16.6. The van der Waals surface area contributed by atoms with Crippen molar-refractivity contribution in [3.05, 3.63) is 69.8 Å². The van der Waals surface area contributed by atoms with Crippen molar-refractivity contribution in [2.24, 2.45) is 0 Å². The molecule has 0 amide bonds. The van der Waals surface area contributed by atoms with E-state index in [2.05, 4.69) is 29.4 Å². The summed E-state index contributed by atoms with van der Waals surface area (Å²) < 4.78 is 0. The van der Waals surface area contributed by atoms with Gasteiger partial charge in [0.05, 0.1) is 16.6 Å². The molecule has 1 N–H and O–H groups in total. The molecule has 2 rings (SSSR count). The quantitative estimate of drug-likeness (QED) is 0.457. The lowest BCUT2D eigenvalue weighted by Crippen LogP contribution is -2.21. The Labute approximate surface area is 141 Å². The van der Waals surface area contributed by atoms with Gasteiger partial charge in [0.2, 0.25) is 0 Å². The summed E-state index contributed by atoms with van der Waals surface area (Å²) in [5, 5.41) is 23.0. The molecule has 0 aliphatic carbocycles. The van der Waals surface area contributed by atoms with E-state index < -0.39 is 4.92 Å². The largest absolute Gasteiger partial charge is 0.379 e. The van der Waals surface area contributed by atoms with Gasteiger partial charge in [-0.2, -0.15) is 5.26 Å². The van der Waals surface area contributed by atoms with Crippen LogP contribution in [0.2, 0.25) is 0 Å². The maximum absolute atomic E-state index is 11.1. The highest BCUT2D eigenvalue weighted by Crippen LogP contribution is 2.25. The van der Waals surface area contributed by atoms with Crippen LogP contribution in [0.4, 0.5) is 11.4 Å². The monoisotopic (exact) mass is 324 g/mol. The van der Waals surface area contributed by atoms with Gasteiger partial charge < -0.3 is 10.2 Å². The Morgan fingerprint density at radius 1 is 1.25 bits per heavy atom.